The van der Waals surface area contributed by atoms with Gasteiger partial charge in [0.1, 0.15) is 5.60 Å². The van der Waals surface area contributed by atoms with Crippen LogP contribution in [0.5, 0.6) is 0 Å². The average Bonchev–Trinajstić information content (AvgIpc) is 2.88. The zero-order valence-electron chi connectivity index (χ0n) is 15.1. The van der Waals surface area contributed by atoms with E-state index in [1.165, 1.54) is 25.7 Å². The normalized spacial score (nSPS) is 26.7. The average molecular weight is 335 g/mol. The molecular weight excluding hydrogens is 306 g/mol. The van der Waals surface area contributed by atoms with Crippen molar-refractivity contribution in [2.24, 2.45) is 5.92 Å². The molecule has 2 saturated heterocycles. The monoisotopic (exact) mass is 335 g/mol. The lowest BCUT2D eigenvalue weighted by Crippen LogP contribution is -2.40. The quantitative estimate of drug-likeness (QED) is 0.865. The molecule has 2 aliphatic rings. The van der Waals surface area contributed by atoms with Crippen LogP contribution in [0.3, 0.4) is 0 Å². The van der Waals surface area contributed by atoms with E-state index in [1.807, 2.05) is 36.4 Å². The molecule has 132 valence electrons. The number of aliphatic hydroxyl groups is 1. The minimum atomic E-state index is -0.884. The van der Waals surface area contributed by atoms with Gasteiger partial charge in [-0.25, -0.2) is 0 Å². The van der Waals surface area contributed by atoms with E-state index in [-0.39, 0.29) is 0 Å². The van der Waals surface area contributed by atoms with Crippen LogP contribution >= 0.6 is 0 Å². The van der Waals surface area contributed by atoms with Crippen LogP contribution in [0.4, 0.5) is 0 Å². The summed E-state index contributed by atoms with van der Waals surface area (Å²) < 4.78 is 0. The number of nitrogens with zero attached hydrogens (tertiary/aromatic N) is 1. The van der Waals surface area contributed by atoms with E-state index in [4.69, 9.17) is 0 Å². The Labute approximate surface area is 151 Å². The molecule has 2 heterocycles. The van der Waals surface area contributed by atoms with Crippen molar-refractivity contribution in [3.8, 4) is 0 Å². The number of piperidine rings is 1. The smallest absolute Gasteiger partial charge is 0.115 e. The van der Waals surface area contributed by atoms with E-state index in [9.17, 15) is 5.11 Å². The molecule has 3 atom stereocenters. The van der Waals surface area contributed by atoms with Crippen LogP contribution in [-0.2, 0) is 5.60 Å². The van der Waals surface area contributed by atoms with Crippen LogP contribution in [0.1, 0.15) is 49.7 Å². The van der Waals surface area contributed by atoms with Crippen molar-refractivity contribution in [1.29, 1.82) is 0 Å². The van der Waals surface area contributed by atoms with Gasteiger partial charge in [0.25, 0.3) is 0 Å². The first-order valence-corrected chi connectivity index (χ1v) is 9.72. The van der Waals surface area contributed by atoms with Crippen molar-refractivity contribution in [3.63, 3.8) is 0 Å². The van der Waals surface area contributed by atoms with Crippen molar-refractivity contribution >= 4 is 0 Å². The minimum Gasteiger partial charge on any atom is -0.380 e. The molecule has 0 radical (unpaired) electrons. The fraction of sp³-hybridized carbons (Fsp3) is 0.478. The molecule has 2 bridgehead atoms. The second-order valence-electron chi connectivity index (χ2n) is 8.02. The van der Waals surface area contributed by atoms with Crippen molar-refractivity contribution in [3.05, 3.63) is 71.8 Å². The molecule has 1 unspecified atom stereocenters. The van der Waals surface area contributed by atoms with Gasteiger partial charge in [0.15, 0.2) is 0 Å². The number of rotatable bonds is 5. The molecule has 0 amide bonds. The van der Waals surface area contributed by atoms with Gasteiger partial charge in [0.2, 0.25) is 0 Å². The van der Waals surface area contributed by atoms with Gasteiger partial charge in [-0.15, -0.1) is 0 Å². The minimum absolute atomic E-state index is 0.743. The Morgan fingerprint density at radius 2 is 1.36 bits per heavy atom. The van der Waals surface area contributed by atoms with Crippen molar-refractivity contribution in [2.75, 3.05) is 7.05 Å². The predicted molar refractivity (Wildman–Crippen MR) is 102 cm³/mol. The van der Waals surface area contributed by atoms with E-state index < -0.39 is 5.60 Å². The maximum atomic E-state index is 11.7. The molecule has 0 saturated carbocycles. The molecule has 25 heavy (non-hydrogen) atoms. The Kier molecular flexibility index (Phi) is 4.66. The number of fused-ring (bicyclic) bond motifs is 2. The fourth-order valence-corrected chi connectivity index (χ4v) is 5.06. The van der Waals surface area contributed by atoms with Crippen molar-refractivity contribution in [1.82, 2.24) is 4.90 Å². The molecule has 0 spiro atoms. The highest BCUT2D eigenvalue weighted by molar-refractivity contribution is 5.35. The second-order valence-corrected chi connectivity index (χ2v) is 8.02. The molecule has 2 aromatic carbocycles. The van der Waals surface area contributed by atoms with Gasteiger partial charge in [0, 0.05) is 12.1 Å². The van der Waals surface area contributed by atoms with E-state index >= 15 is 0 Å². The summed E-state index contributed by atoms with van der Waals surface area (Å²) in [4.78, 5) is 2.59. The maximum Gasteiger partial charge on any atom is 0.115 e. The van der Waals surface area contributed by atoms with Gasteiger partial charge in [-0.3, -0.25) is 0 Å². The Hall–Kier alpha value is -1.64. The highest BCUT2D eigenvalue weighted by Gasteiger charge is 2.39. The largest absolute Gasteiger partial charge is 0.380 e. The van der Waals surface area contributed by atoms with Crippen LogP contribution in [-0.4, -0.2) is 29.1 Å². The maximum absolute atomic E-state index is 11.7. The summed E-state index contributed by atoms with van der Waals surface area (Å²) >= 11 is 0. The molecule has 2 nitrogen and oxygen atoms in total. The summed E-state index contributed by atoms with van der Waals surface area (Å²) in [7, 11) is 2.29. The molecule has 2 fully saturated rings. The van der Waals surface area contributed by atoms with Crippen LogP contribution in [0.25, 0.3) is 0 Å². The highest BCUT2D eigenvalue weighted by atomic mass is 16.3. The van der Waals surface area contributed by atoms with E-state index in [2.05, 4.69) is 36.2 Å². The summed E-state index contributed by atoms with van der Waals surface area (Å²) in [5.41, 5.74) is 1.14. The molecule has 0 aliphatic carbocycles. The van der Waals surface area contributed by atoms with E-state index in [0.29, 0.717) is 0 Å². The number of benzene rings is 2. The third kappa shape index (κ3) is 3.26. The molecule has 4 rings (SSSR count). The van der Waals surface area contributed by atoms with Crippen LogP contribution in [0.2, 0.25) is 0 Å². The van der Waals surface area contributed by atoms with Gasteiger partial charge in [-0.1, -0.05) is 60.7 Å². The summed E-state index contributed by atoms with van der Waals surface area (Å²) in [6.07, 6.45) is 7.22. The highest BCUT2D eigenvalue weighted by Crippen LogP contribution is 2.42. The summed E-state index contributed by atoms with van der Waals surface area (Å²) in [6, 6.07) is 21.9. The van der Waals surface area contributed by atoms with E-state index in [0.717, 1.165) is 42.0 Å². The van der Waals surface area contributed by atoms with Crippen molar-refractivity contribution < 1.29 is 5.11 Å². The molecule has 2 heteroatoms. The first-order valence-electron chi connectivity index (χ1n) is 9.72. The van der Waals surface area contributed by atoms with Gasteiger partial charge in [-0.05, 0) is 62.6 Å². The van der Waals surface area contributed by atoms with Crippen molar-refractivity contribution in [2.45, 2.75) is 56.2 Å². The zero-order valence-corrected chi connectivity index (χ0v) is 15.1. The van der Waals surface area contributed by atoms with Crippen LogP contribution in [0, 0.1) is 5.92 Å². The lowest BCUT2D eigenvalue weighted by Gasteiger charge is -2.38. The molecular formula is C23H29NO. The third-order valence-corrected chi connectivity index (χ3v) is 6.61. The molecule has 0 aromatic heterocycles. The summed E-state index contributed by atoms with van der Waals surface area (Å²) in [5.74, 6) is 0.743. The fourth-order valence-electron chi connectivity index (χ4n) is 5.06. The summed E-state index contributed by atoms with van der Waals surface area (Å²) in [6.45, 7) is 0. The summed E-state index contributed by atoms with van der Waals surface area (Å²) in [5, 5.41) is 11.7. The molecule has 1 N–H and O–H groups in total. The van der Waals surface area contributed by atoms with Crippen LogP contribution in [0.15, 0.2) is 60.7 Å². The first-order chi connectivity index (χ1) is 12.2. The molecule has 2 aromatic rings. The van der Waals surface area contributed by atoms with Gasteiger partial charge in [0.05, 0.1) is 0 Å². The number of hydrogen-bond acceptors (Lipinski definition) is 2. The SMILES string of the molecule is CN1[C@@H]2CC[C@H]1CC(CCC(O)(c1ccccc1)c1ccccc1)C2. The lowest BCUT2D eigenvalue weighted by molar-refractivity contribution is 0.0520. The third-order valence-electron chi connectivity index (χ3n) is 6.61. The Balaban J connectivity index is 1.54. The number of hydrogen-bond donors (Lipinski definition) is 1. The lowest BCUT2D eigenvalue weighted by atomic mass is 9.78. The van der Waals surface area contributed by atoms with E-state index in [1.54, 1.807) is 0 Å². The zero-order chi connectivity index (χ0) is 17.3. The van der Waals surface area contributed by atoms with Gasteiger partial charge >= 0.3 is 0 Å². The topological polar surface area (TPSA) is 23.5 Å². The first kappa shape index (κ1) is 16.8. The Bertz CT molecular complexity index is 630. The Morgan fingerprint density at radius 3 is 1.84 bits per heavy atom. The standard InChI is InChI=1S/C23H29NO/c1-24-21-12-13-22(24)17-18(16-21)14-15-23(25,19-8-4-2-5-9-19)20-10-6-3-7-11-20/h2-11,18,21-22,25H,12-17H2,1H3/t18?,21-,22+. The predicted octanol–water partition coefficient (Wildman–Crippen LogP) is 4.58. The van der Waals surface area contributed by atoms with Gasteiger partial charge < -0.3 is 10.0 Å². The second kappa shape index (κ2) is 6.93. The van der Waals surface area contributed by atoms with Gasteiger partial charge in [-0.2, -0.15) is 0 Å². The Morgan fingerprint density at radius 1 is 0.880 bits per heavy atom. The molecule has 2 aliphatic heterocycles. The van der Waals surface area contributed by atoms with Crippen LogP contribution < -0.4 is 0 Å².